The first-order valence-corrected chi connectivity index (χ1v) is 2.77. The van der Waals surface area contributed by atoms with Crippen LogP contribution < -0.4 is 0 Å². The average molecular weight is 244 g/mol. The Morgan fingerprint density at radius 3 is 0.750 bits per heavy atom. The van der Waals surface area contributed by atoms with Crippen molar-refractivity contribution in [1.82, 2.24) is 0 Å². The van der Waals surface area contributed by atoms with E-state index >= 15 is 0 Å². The zero-order valence-electron chi connectivity index (χ0n) is 4.55. The summed E-state index contributed by atoms with van der Waals surface area (Å²) in [5, 5.41) is 0. The van der Waals surface area contributed by atoms with Crippen molar-refractivity contribution in [3.05, 3.63) is 0 Å². The van der Waals surface area contributed by atoms with E-state index in [1.165, 1.54) is 0 Å². The number of hydrogen-bond acceptors (Lipinski definition) is 3. The monoisotopic (exact) mass is 244 g/mol. The fourth-order valence-corrected chi connectivity index (χ4v) is 0.328. The minimum absolute atomic E-state index is 0. The van der Waals surface area contributed by atoms with Crippen molar-refractivity contribution in [3.8, 4) is 0 Å². The van der Waals surface area contributed by atoms with Crippen LogP contribution in [0.3, 0.4) is 0 Å². The molecule has 3 heterocycles. The lowest BCUT2D eigenvalue weighted by Crippen LogP contribution is -1.74. The minimum Gasteiger partial charge on any atom is -0.377 e. The van der Waals surface area contributed by atoms with Crippen LogP contribution >= 0.6 is 0 Å². The van der Waals surface area contributed by atoms with Crippen LogP contribution in [0.1, 0.15) is 59.4 Å². The van der Waals surface area contributed by atoms with Gasteiger partial charge in [-0.05, 0) is 0 Å². The maximum Gasteiger partial charge on any atom is 0.216 e. The molecule has 0 radical (unpaired) electrons. The summed E-state index contributed by atoms with van der Waals surface area (Å²) in [6.07, 6.45) is 0. The van der Waals surface area contributed by atoms with E-state index in [0.29, 0.717) is 0 Å². The van der Waals surface area contributed by atoms with Crippen molar-refractivity contribution in [2.24, 2.45) is 0 Å². The minimum atomic E-state index is 0. The van der Waals surface area contributed by atoms with Gasteiger partial charge >= 0.3 is 0 Å². The van der Waals surface area contributed by atoms with Crippen molar-refractivity contribution in [2.75, 3.05) is 26.4 Å². The molecule has 0 aromatic rings. The van der Waals surface area contributed by atoms with Gasteiger partial charge in [0.05, 0.1) is 13.2 Å². The molecule has 0 amide bonds. The molecule has 3 saturated heterocycles. The molecule has 0 atom stereocenters. The van der Waals surface area contributed by atoms with Crippen LogP contribution in [0.2, 0.25) is 0 Å². The third-order valence-corrected chi connectivity index (χ3v) is 1.14. The van der Waals surface area contributed by atoms with Gasteiger partial charge in [-0.15, -0.1) is 0 Å². The molecule has 0 aromatic heterocycles. The Morgan fingerprint density at radius 2 is 0.750 bits per heavy atom. The lowest BCUT2D eigenvalue weighted by molar-refractivity contribution is 0.256. The molecule has 3 rings (SSSR count). The Balaban J connectivity index is -0.0000000140. The largest absolute Gasteiger partial charge is 0.377 e. The first-order valence-electron chi connectivity index (χ1n) is 2.77. The maximum atomic E-state index is 4.78. The van der Waals surface area contributed by atoms with Gasteiger partial charge in [-0.2, -0.15) is 0 Å². The molecule has 0 N–H and O–H groups in total. The lowest BCUT2D eigenvalue weighted by Gasteiger charge is -1.53. The van der Waals surface area contributed by atoms with Crippen LogP contribution in [-0.4, -0.2) is 32.2 Å². The van der Waals surface area contributed by atoms with Crippen molar-refractivity contribution in [3.63, 3.8) is 0 Å². The molecule has 3 aliphatic rings. The molecule has 0 aromatic carbocycles. The van der Waals surface area contributed by atoms with Crippen LogP contribution in [-0.2, 0) is 14.2 Å². The Morgan fingerprint density at radius 1 is 0.562 bits per heavy atom. The number of hydrogen-bond donors (Lipinski definition) is 0. The molecule has 3 nitrogen and oxygen atoms in total. The Kier molecular flexibility index (Phi) is 48.2. The summed E-state index contributed by atoms with van der Waals surface area (Å²) in [6.45, 7) is 3.68. The molecule has 1 spiro atoms. The molecule has 3 aliphatic heterocycles. The number of ether oxygens (including phenoxy) is 3. The van der Waals surface area contributed by atoms with Gasteiger partial charge in [-0.1, -0.05) is 59.4 Å². The highest BCUT2D eigenvalue weighted by molar-refractivity contribution is 4.92. The van der Waals surface area contributed by atoms with Gasteiger partial charge in [0.2, 0.25) is 5.79 Å². The molecule has 3 heteroatoms. The smallest absolute Gasteiger partial charge is 0.216 e. The zero-order valence-corrected chi connectivity index (χ0v) is 4.55. The number of epoxide rings is 3. The highest BCUT2D eigenvalue weighted by Gasteiger charge is 2.59. The standard InChI is InChI=1S/C3H4O2.C2H4O.8CH4/c1-3(4-1)2-5-3;1-2-3-1;;;;;;;;/h1-2H2;1-2H2;8*1H4. The van der Waals surface area contributed by atoms with Gasteiger partial charge in [0.25, 0.3) is 0 Å². The Bertz CT molecular complexity index is 79.1. The Hall–Kier alpha value is -0.120. The molecule has 0 bridgehead atoms. The second kappa shape index (κ2) is 17.3. The fraction of sp³-hybridized carbons (Fsp3) is 1.00. The molecular formula is C13H40O3. The first-order chi connectivity index (χ1) is 3.91. The second-order valence-electron chi connectivity index (χ2n) is 2.10. The van der Waals surface area contributed by atoms with Gasteiger partial charge in [-0.3, -0.25) is 0 Å². The van der Waals surface area contributed by atoms with Crippen LogP contribution in [0.15, 0.2) is 0 Å². The van der Waals surface area contributed by atoms with E-state index in [9.17, 15) is 0 Å². The summed E-state index contributed by atoms with van der Waals surface area (Å²) >= 11 is 0. The van der Waals surface area contributed by atoms with Crippen LogP contribution in [0.4, 0.5) is 0 Å². The van der Waals surface area contributed by atoms with E-state index in [1.54, 1.807) is 0 Å². The predicted molar refractivity (Wildman–Crippen MR) is 79.3 cm³/mol. The third kappa shape index (κ3) is 19.5. The second-order valence-corrected chi connectivity index (χ2v) is 2.10. The van der Waals surface area contributed by atoms with Crippen LogP contribution in [0.25, 0.3) is 0 Å². The molecule has 0 saturated carbocycles. The van der Waals surface area contributed by atoms with Crippen LogP contribution in [0, 0.1) is 0 Å². The van der Waals surface area contributed by atoms with Gasteiger partial charge in [0.15, 0.2) is 0 Å². The maximum absolute atomic E-state index is 4.78. The van der Waals surface area contributed by atoms with E-state index < -0.39 is 0 Å². The van der Waals surface area contributed by atoms with Gasteiger partial charge in [0.1, 0.15) is 13.2 Å². The van der Waals surface area contributed by atoms with Crippen molar-refractivity contribution >= 4 is 0 Å². The molecule has 0 unspecified atom stereocenters. The van der Waals surface area contributed by atoms with Gasteiger partial charge in [-0.25, -0.2) is 0 Å². The topological polar surface area (TPSA) is 37.6 Å². The highest BCUT2D eigenvalue weighted by atomic mass is 16.9. The molecular weight excluding hydrogens is 204 g/mol. The summed E-state index contributed by atoms with van der Waals surface area (Å²) in [4.78, 5) is 0. The summed E-state index contributed by atoms with van der Waals surface area (Å²) in [7, 11) is 0. The molecule has 0 aliphatic carbocycles. The van der Waals surface area contributed by atoms with Crippen molar-refractivity contribution < 1.29 is 14.2 Å². The molecule has 110 valence electrons. The van der Waals surface area contributed by atoms with Gasteiger partial charge in [0, 0.05) is 0 Å². The van der Waals surface area contributed by atoms with E-state index in [1.807, 2.05) is 0 Å². The zero-order chi connectivity index (χ0) is 5.45. The number of rotatable bonds is 0. The molecule has 16 heavy (non-hydrogen) atoms. The summed E-state index contributed by atoms with van der Waals surface area (Å²) in [5.74, 6) is 0. The van der Waals surface area contributed by atoms with Gasteiger partial charge < -0.3 is 14.2 Å². The first kappa shape index (κ1) is 44.6. The van der Waals surface area contributed by atoms with E-state index in [2.05, 4.69) is 4.74 Å². The van der Waals surface area contributed by atoms with E-state index in [4.69, 9.17) is 9.47 Å². The predicted octanol–water partition coefficient (Wildman–Crippen LogP) is 4.85. The summed E-state index contributed by atoms with van der Waals surface area (Å²) in [6, 6.07) is 0. The average Bonchev–Trinajstić information content (AvgIpc) is 2.62. The Labute approximate surface area is 106 Å². The highest BCUT2D eigenvalue weighted by Crippen LogP contribution is 2.40. The summed E-state index contributed by atoms with van der Waals surface area (Å²) in [5.41, 5.74) is 0. The quantitative estimate of drug-likeness (QED) is 0.572. The summed E-state index contributed by atoms with van der Waals surface area (Å²) < 4.78 is 14.1. The lowest BCUT2D eigenvalue weighted by atomic mass is 10.6. The van der Waals surface area contributed by atoms with Crippen molar-refractivity contribution in [1.29, 1.82) is 0 Å². The van der Waals surface area contributed by atoms with Crippen molar-refractivity contribution in [2.45, 2.75) is 65.2 Å². The van der Waals surface area contributed by atoms with Crippen LogP contribution in [0.5, 0.6) is 0 Å². The SMILES string of the molecule is C.C.C.C.C.C.C.C.C1CO1.C1OC12CO2. The molecule has 3 fully saturated rings. The normalized spacial score (nSPS) is 16.5. The fourth-order valence-electron chi connectivity index (χ4n) is 0.328. The van der Waals surface area contributed by atoms with E-state index in [-0.39, 0.29) is 65.2 Å². The third-order valence-electron chi connectivity index (χ3n) is 1.14. The van der Waals surface area contributed by atoms with E-state index in [0.717, 1.165) is 26.4 Å².